The van der Waals surface area contributed by atoms with E-state index in [2.05, 4.69) is 23.2 Å². The van der Waals surface area contributed by atoms with Crippen molar-refractivity contribution in [1.82, 2.24) is 14.5 Å². The molecule has 2 aliphatic heterocycles. The number of hydrogen-bond acceptors (Lipinski definition) is 2. The summed E-state index contributed by atoms with van der Waals surface area (Å²) in [5.74, 6) is 0.734. The quantitative estimate of drug-likeness (QED) is 0.695. The van der Waals surface area contributed by atoms with Crippen LogP contribution in [0.3, 0.4) is 0 Å². The summed E-state index contributed by atoms with van der Waals surface area (Å²) in [5, 5.41) is 1.22. The Morgan fingerprint density at radius 3 is 2.86 bits per heavy atom. The first-order chi connectivity index (χ1) is 14.2. The summed E-state index contributed by atoms with van der Waals surface area (Å²) < 4.78 is 1.92. The minimum absolute atomic E-state index is 0.0830. The van der Waals surface area contributed by atoms with Crippen molar-refractivity contribution in [3.63, 3.8) is 0 Å². The SMILES string of the molecule is O=C(c1ccc2[nH]c3c(c2c1)CCCC3)N1C[C@H]2C[C@@H](C1)c1cccc(=O)n1C2. The second-order valence-corrected chi connectivity index (χ2v) is 8.96. The molecule has 0 spiro atoms. The number of aromatic amines is 1. The Morgan fingerprint density at radius 1 is 1.03 bits per heavy atom. The third-order valence-corrected chi connectivity index (χ3v) is 7.11. The zero-order chi connectivity index (χ0) is 19.5. The van der Waals surface area contributed by atoms with Gasteiger partial charge in [-0.05, 0) is 67.9 Å². The van der Waals surface area contributed by atoms with Crippen LogP contribution in [0, 0.1) is 5.92 Å². The minimum Gasteiger partial charge on any atom is -0.358 e. The fraction of sp³-hybridized carbons (Fsp3) is 0.417. The molecule has 0 unspecified atom stereocenters. The zero-order valence-electron chi connectivity index (χ0n) is 16.5. The Balaban J connectivity index is 1.32. The van der Waals surface area contributed by atoms with Crippen molar-refractivity contribution in [1.29, 1.82) is 0 Å². The summed E-state index contributed by atoms with van der Waals surface area (Å²) in [7, 11) is 0. The maximum Gasteiger partial charge on any atom is 0.253 e. The highest BCUT2D eigenvalue weighted by Crippen LogP contribution is 2.36. The van der Waals surface area contributed by atoms with Gasteiger partial charge in [0.05, 0.1) is 0 Å². The third kappa shape index (κ3) is 2.67. The first-order valence-electron chi connectivity index (χ1n) is 10.8. The van der Waals surface area contributed by atoms with Gasteiger partial charge in [0.25, 0.3) is 11.5 Å². The molecule has 2 bridgehead atoms. The van der Waals surface area contributed by atoms with E-state index in [4.69, 9.17) is 0 Å². The smallest absolute Gasteiger partial charge is 0.253 e. The zero-order valence-corrected chi connectivity index (χ0v) is 16.5. The molecule has 2 atom stereocenters. The highest BCUT2D eigenvalue weighted by molar-refractivity contribution is 5.99. The molecule has 1 saturated heterocycles. The van der Waals surface area contributed by atoms with Crippen molar-refractivity contribution in [2.24, 2.45) is 5.92 Å². The van der Waals surface area contributed by atoms with E-state index in [0.717, 1.165) is 49.1 Å². The largest absolute Gasteiger partial charge is 0.358 e. The molecule has 5 heteroatoms. The van der Waals surface area contributed by atoms with Gasteiger partial charge in [-0.1, -0.05) is 6.07 Å². The van der Waals surface area contributed by atoms with Crippen molar-refractivity contribution in [2.45, 2.75) is 44.6 Å². The number of amides is 1. The van der Waals surface area contributed by atoms with Crippen molar-refractivity contribution in [2.75, 3.05) is 13.1 Å². The van der Waals surface area contributed by atoms with Gasteiger partial charge in [0, 0.05) is 59.5 Å². The Bertz CT molecular complexity index is 1190. The van der Waals surface area contributed by atoms with E-state index in [-0.39, 0.29) is 17.4 Å². The second kappa shape index (κ2) is 6.34. The number of nitrogens with one attached hydrogen (secondary N) is 1. The number of likely N-dealkylation sites (tertiary alicyclic amines) is 1. The number of H-pyrrole nitrogens is 1. The fourth-order valence-electron chi connectivity index (χ4n) is 5.78. The van der Waals surface area contributed by atoms with Crippen molar-refractivity contribution >= 4 is 16.8 Å². The van der Waals surface area contributed by atoms with E-state index in [0.29, 0.717) is 12.5 Å². The topological polar surface area (TPSA) is 58.1 Å². The molecule has 1 N–H and O–H groups in total. The van der Waals surface area contributed by atoms with Crippen LogP contribution in [0.5, 0.6) is 0 Å². The number of benzene rings is 1. The van der Waals surface area contributed by atoms with Crippen LogP contribution in [0.1, 0.15) is 52.5 Å². The molecule has 1 amide bonds. The Morgan fingerprint density at radius 2 is 1.93 bits per heavy atom. The van der Waals surface area contributed by atoms with Gasteiger partial charge in [0.15, 0.2) is 0 Å². The fourth-order valence-corrected chi connectivity index (χ4v) is 5.78. The van der Waals surface area contributed by atoms with Crippen LogP contribution in [-0.2, 0) is 19.4 Å². The summed E-state index contributed by atoms with van der Waals surface area (Å²) in [6.07, 6.45) is 5.75. The molecule has 6 rings (SSSR count). The lowest BCUT2D eigenvalue weighted by Gasteiger charge is -2.42. The van der Waals surface area contributed by atoms with Gasteiger partial charge in [-0.2, -0.15) is 0 Å². The average molecular weight is 387 g/mol. The summed E-state index contributed by atoms with van der Waals surface area (Å²) in [5.41, 5.74) is 5.86. The lowest BCUT2D eigenvalue weighted by molar-refractivity contribution is 0.0594. The number of aryl methyl sites for hydroxylation is 2. The summed E-state index contributed by atoms with van der Waals surface area (Å²) in [4.78, 5) is 31.2. The normalized spacial score (nSPS) is 23.0. The predicted octanol–water partition coefficient (Wildman–Crippen LogP) is 3.47. The van der Waals surface area contributed by atoms with Crippen LogP contribution in [0.25, 0.3) is 10.9 Å². The van der Waals surface area contributed by atoms with E-state index in [1.54, 1.807) is 6.07 Å². The van der Waals surface area contributed by atoms with Crippen molar-refractivity contribution < 1.29 is 4.79 Å². The summed E-state index contributed by atoms with van der Waals surface area (Å²) in [6.45, 7) is 2.15. The Kier molecular flexibility index (Phi) is 3.73. The van der Waals surface area contributed by atoms with Crippen LogP contribution >= 0.6 is 0 Å². The minimum atomic E-state index is 0.0830. The molecule has 0 saturated carbocycles. The van der Waals surface area contributed by atoms with Gasteiger partial charge in [-0.3, -0.25) is 9.59 Å². The number of nitrogens with zero attached hydrogens (tertiary/aromatic N) is 2. The predicted molar refractivity (Wildman–Crippen MR) is 112 cm³/mol. The number of hydrogen-bond donors (Lipinski definition) is 1. The van der Waals surface area contributed by atoms with Crippen LogP contribution in [0.2, 0.25) is 0 Å². The first kappa shape index (κ1) is 17.1. The van der Waals surface area contributed by atoms with E-state index in [9.17, 15) is 9.59 Å². The van der Waals surface area contributed by atoms with E-state index in [1.807, 2.05) is 21.6 Å². The number of carbonyl (C=O) groups is 1. The molecular weight excluding hydrogens is 362 g/mol. The highest BCUT2D eigenvalue weighted by atomic mass is 16.2. The van der Waals surface area contributed by atoms with Gasteiger partial charge < -0.3 is 14.5 Å². The standard InChI is InChI=1S/C24H25N3O2/c28-23-7-3-6-22-17-10-15(13-27(22)23)12-26(14-17)24(29)16-8-9-21-19(11-16)18-4-1-2-5-20(18)25-21/h3,6-9,11,15,17,25H,1-2,4-5,10,12-14H2/t15-,17+/m1/s1. The molecule has 1 fully saturated rings. The van der Waals surface area contributed by atoms with Crippen molar-refractivity contribution in [3.05, 3.63) is 69.3 Å². The molecule has 3 aromatic rings. The maximum absolute atomic E-state index is 13.4. The molecule has 1 aromatic carbocycles. The van der Waals surface area contributed by atoms with Crippen LogP contribution in [0.4, 0.5) is 0 Å². The van der Waals surface area contributed by atoms with Crippen LogP contribution in [-0.4, -0.2) is 33.4 Å². The average Bonchev–Trinajstić information content (AvgIpc) is 3.12. The second-order valence-electron chi connectivity index (χ2n) is 8.96. The van der Waals surface area contributed by atoms with Crippen LogP contribution in [0.15, 0.2) is 41.2 Å². The number of piperidine rings is 1. The number of pyridine rings is 1. The molecule has 1 aliphatic carbocycles. The first-order valence-corrected chi connectivity index (χ1v) is 10.8. The van der Waals surface area contributed by atoms with Gasteiger partial charge in [-0.25, -0.2) is 0 Å². The molecule has 2 aromatic heterocycles. The molecule has 5 nitrogen and oxygen atoms in total. The van der Waals surface area contributed by atoms with E-state index >= 15 is 0 Å². The lowest BCUT2D eigenvalue weighted by Crippen LogP contribution is -2.49. The highest BCUT2D eigenvalue weighted by Gasteiger charge is 2.36. The Hall–Kier alpha value is -2.82. The summed E-state index contributed by atoms with van der Waals surface area (Å²) >= 11 is 0. The van der Waals surface area contributed by atoms with Crippen molar-refractivity contribution in [3.8, 4) is 0 Å². The molecule has 4 heterocycles. The number of aromatic nitrogens is 2. The molecule has 0 radical (unpaired) electrons. The van der Waals surface area contributed by atoms with E-state index in [1.165, 1.54) is 29.5 Å². The maximum atomic E-state index is 13.4. The number of carbonyl (C=O) groups excluding carboxylic acids is 1. The number of rotatable bonds is 1. The van der Waals surface area contributed by atoms with Crippen LogP contribution < -0.4 is 5.56 Å². The van der Waals surface area contributed by atoms with Gasteiger partial charge >= 0.3 is 0 Å². The molecular formula is C24H25N3O2. The molecule has 3 aliphatic rings. The lowest BCUT2D eigenvalue weighted by atomic mass is 9.83. The Labute approximate surface area is 169 Å². The molecule has 148 valence electrons. The third-order valence-electron chi connectivity index (χ3n) is 7.11. The monoisotopic (exact) mass is 387 g/mol. The van der Waals surface area contributed by atoms with E-state index < -0.39 is 0 Å². The molecule has 29 heavy (non-hydrogen) atoms. The summed E-state index contributed by atoms with van der Waals surface area (Å²) in [6, 6.07) is 11.7. The number of fused-ring (bicyclic) bond motifs is 7. The van der Waals surface area contributed by atoms with Gasteiger partial charge in [-0.15, -0.1) is 0 Å². The van der Waals surface area contributed by atoms with Gasteiger partial charge in [0.1, 0.15) is 0 Å². The van der Waals surface area contributed by atoms with Gasteiger partial charge in [0.2, 0.25) is 0 Å².